The Morgan fingerprint density at radius 1 is 0.935 bits per heavy atom. The molecule has 0 bridgehead atoms. The van der Waals surface area contributed by atoms with Gasteiger partial charge in [-0.05, 0) is 93.7 Å². The molecule has 3 amide bonds. The van der Waals surface area contributed by atoms with Gasteiger partial charge < -0.3 is 25.8 Å². The molecular weight excluding hydrogens is 817 g/mol. The van der Waals surface area contributed by atoms with Gasteiger partial charge >= 0.3 is 5.00 Å². The molecule has 1 saturated heterocycles. The first-order chi connectivity index (χ1) is 29.8. The minimum Gasteiger partial charge on any atom is -0.385 e. The molecule has 7 rings (SSSR count). The number of benzene rings is 1. The number of carbonyl (C=O) groups excluding carboxylic acids is 4. The molecule has 19 nitrogen and oxygen atoms in total. The molecular formula is C42H48N12O7S. The highest BCUT2D eigenvalue weighted by molar-refractivity contribution is 7.19. The molecule has 324 valence electrons. The second kappa shape index (κ2) is 18.8. The van der Waals surface area contributed by atoms with E-state index in [4.69, 9.17) is 4.98 Å². The summed E-state index contributed by atoms with van der Waals surface area (Å²) in [4.78, 5) is 96.7. The van der Waals surface area contributed by atoms with Gasteiger partial charge in [0.05, 0.1) is 33.6 Å². The van der Waals surface area contributed by atoms with E-state index in [1.54, 1.807) is 42.1 Å². The van der Waals surface area contributed by atoms with Crippen molar-refractivity contribution in [2.75, 3.05) is 58.9 Å². The third-order valence-electron chi connectivity index (χ3n) is 11.1. The van der Waals surface area contributed by atoms with Crippen molar-refractivity contribution in [1.29, 1.82) is 0 Å². The summed E-state index contributed by atoms with van der Waals surface area (Å²) in [6.07, 6.45) is 8.96. The van der Waals surface area contributed by atoms with E-state index in [9.17, 15) is 34.1 Å². The average molecular weight is 865 g/mol. The number of ketones is 1. The lowest BCUT2D eigenvalue weighted by Crippen LogP contribution is -2.48. The monoisotopic (exact) mass is 864 g/mol. The zero-order valence-corrected chi connectivity index (χ0v) is 35.8. The number of aromatic nitrogens is 5. The summed E-state index contributed by atoms with van der Waals surface area (Å²) in [5.74, 6) is -0.282. The number of piperazine rings is 1. The fourth-order valence-corrected chi connectivity index (χ4v) is 8.77. The third-order valence-corrected chi connectivity index (χ3v) is 12.1. The highest BCUT2D eigenvalue weighted by Gasteiger charge is 2.27. The first-order valence-corrected chi connectivity index (χ1v) is 21.4. The maximum atomic E-state index is 13.6. The van der Waals surface area contributed by atoms with Gasteiger partial charge in [0.2, 0.25) is 17.8 Å². The number of pyridine rings is 2. The molecule has 2 aliphatic rings. The summed E-state index contributed by atoms with van der Waals surface area (Å²) in [7, 11) is 0. The molecule has 5 aromatic rings. The summed E-state index contributed by atoms with van der Waals surface area (Å²) in [5.41, 5.74) is 3.21. The summed E-state index contributed by atoms with van der Waals surface area (Å²) in [5, 5.41) is 23.5. The minimum absolute atomic E-state index is 0.0184. The molecule has 20 heteroatoms. The van der Waals surface area contributed by atoms with Gasteiger partial charge in [-0.25, -0.2) is 15.0 Å². The first-order valence-electron chi connectivity index (χ1n) is 20.5. The molecule has 5 heterocycles. The molecule has 0 spiro atoms. The molecule has 1 aromatic carbocycles. The van der Waals surface area contributed by atoms with Crippen LogP contribution in [-0.2, 0) is 9.59 Å². The molecule has 0 unspecified atom stereocenters. The van der Waals surface area contributed by atoms with E-state index in [1.807, 2.05) is 17.0 Å². The lowest BCUT2D eigenvalue weighted by Gasteiger charge is -2.36. The number of nitrogens with one attached hydrogen (secondary N) is 4. The van der Waals surface area contributed by atoms with Crippen LogP contribution in [0.4, 0.5) is 39.0 Å². The van der Waals surface area contributed by atoms with Crippen molar-refractivity contribution < 1.29 is 24.1 Å². The highest BCUT2D eigenvalue weighted by atomic mass is 32.1. The fraction of sp³-hybridized carbons (Fsp3) is 0.405. The molecule has 4 N–H and O–H groups in total. The normalized spacial score (nSPS) is 14.2. The van der Waals surface area contributed by atoms with Gasteiger partial charge in [0.15, 0.2) is 10.9 Å². The minimum atomic E-state index is -0.574. The second-order valence-corrected chi connectivity index (χ2v) is 16.4. The highest BCUT2D eigenvalue weighted by Crippen LogP contribution is 2.33. The molecule has 2 fully saturated rings. The van der Waals surface area contributed by atoms with E-state index in [0.29, 0.717) is 86.0 Å². The second-order valence-electron chi connectivity index (χ2n) is 15.4. The molecule has 4 aromatic heterocycles. The number of anilines is 6. The Morgan fingerprint density at radius 2 is 1.69 bits per heavy atom. The number of Topliss-reactive ketones (excluding diaryl/α,β-unsaturated/α-hetero) is 1. The molecule has 0 atom stereocenters. The van der Waals surface area contributed by atoms with E-state index >= 15 is 0 Å². The van der Waals surface area contributed by atoms with Crippen molar-refractivity contribution in [3.8, 4) is 0 Å². The number of rotatable bonds is 15. The zero-order valence-electron chi connectivity index (χ0n) is 34.9. The Morgan fingerprint density at radius 3 is 2.35 bits per heavy atom. The Kier molecular flexibility index (Phi) is 13.1. The number of carbonyl (C=O) groups is 4. The van der Waals surface area contributed by atoms with Gasteiger partial charge in [-0.3, -0.25) is 44.0 Å². The van der Waals surface area contributed by atoms with Crippen molar-refractivity contribution in [3.05, 3.63) is 85.6 Å². The average Bonchev–Trinajstić information content (AvgIpc) is 3.90. The number of amides is 3. The van der Waals surface area contributed by atoms with Crippen molar-refractivity contribution in [3.63, 3.8) is 0 Å². The maximum Gasteiger partial charge on any atom is 0.348 e. The van der Waals surface area contributed by atoms with Crippen LogP contribution < -0.4 is 31.7 Å². The number of unbranched alkanes of at least 4 members (excludes halogenated alkanes) is 1. The number of hydrogen-bond acceptors (Lipinski definition) is 15. The Hall–Kier alpha value is -6.83. The van der Waals surface area contributed by atoms with Crippen LogP contribution in [0.3, 0.4) is 0 Å². The number of nitrogens with zero attached hydrogens (tertiary/aromatic N) is 8. The van der Waals surface area contributed by atoms with Crippen LogP contribution in [-0.4, -0.2) is 90.6 Å². The third kappa shape index (κ3) is 9.70. The number of aryl methyl sites for hydroxylation is 2. The molecule has 1 saturated carbocycles. The number of nitro groups is 1. The Bertz CT molecular complexity index is 2600. The standard InChI is InChI=1S/C42H48N12O7S/c1-24-32-23-45-41(49-37(32)53(29-9-5-6-10-29)39(59)36(24)26(3)55)48-34-15-13-30(22-44-34)51-17-19-52(20-18-51)35(57)11-7-8-16-43-28-12-14-31(33(21-28)47-27(4)56)38(58)50-42-46-25(2)40(62-42)54(60)61/h12-15,21-23,29,43H,5-11,16-20H2,1-4H3,(H,47,56)(H,46,50,58)(H,44,45,48,49). The van der Waals surface area contributed by atoms with E-state index in [-0.39, 0.29) is 61.8 Å². The number of thiazole rings is 1. The van der Waals surface area contributed by atoms with Crippen LogP contribution in [0.15, 0.2) is 47.5 Å². The van der Waals surface area contributed by atoms with E-state index < -0.39 is 10.8 Å². The van der Waals surface area contributed by atoms with Crippen molar-refractivity contribution >= 4 is 84.8 Å². The topological polar surface area (TPSA) is 240 Å². The maximum absolute atomic E-state index is 13.6. The van der Waals surface area contributed by atoms with Crippen LogP contribution in [0, 0.1) is 24.0 Å². The summed E-state index contributed by atoms with van der Waals surface area (Å²) < 4.78 is 1.69. The van der Waals surface area contributed by atoms with Gasteiger partial charge in [0, 0.05) is 69.4 Å². The van der Waals surface area contributed by atoms with Crippen LogP contribution in [0.1, 0.15) is 96.8 Å². The predicted molar refractivity (Wildman–Crippen MR) is 237 cm³/mol. The van der Waals surface area contributed by atoms with Crippen molar-refractivity contribution in [2.45, 2.75) is 78.7 Å². The van der Waals surface area contributed by atoms with E-state index in [0.717, 1.165) is 42.7 Å². The quantitative estimate of drug-likeness (QED) is 0.0387. The summed E-state index contributed by atoms with van der Waals surface area (Å²) in [6, 6.07) is 8.67. The number of fused-ring (bicyclic) bond motifs is 1. The molecule has 1 aliphatic heterocycles. The Balaban J connectivity index is 0.873. The van der Waals surface area contributed by atoms with Gasteiger partial charge in [-0.2, -0.15) is 4.98 Å². The SMILES string of the molecule is CC(=O)Nc1cc(NCCCCC(=O)N2CCN(c3ccc(Nc4ncc5c(C)c(C(C)=O)c(=O)n(C6CCCC6)c5n4)nc3)CC2)ccc1C(=O)Nc1nc(C)c([N+](=O)[O-])s1. The predicted octanol–water partition coefficient (Wildman–Crippen LogP) is 6.37. The summed E-state index contributed by atoms with van der Waals surface area (Å²) >= 11 is 0.753. The largest absolute Gasteiger partial charge is 0.385 e. The van der Waals surface area contributed by atoms with Crippen LogP contribution >= 0.6 is 11.3 Å². The van der Waals surface area contributed by atoms with Gasteiger partial charge in [0.1, 0.15) is 17.2 Å². The van der Waals surface area contributed by atoms with Crippen LogP contribution in [0.5, 0.6) is 0 Å². The lowest BCUT2D eigenvalue weighted by molar-refractivity contribution is -0.380. The molecule has 62 heavy (non-hydrogen) atoms. The van der Waals surface area contributed by atoms with Gasteiger partial charge in [-0.15, -0.1) is 0 Å². The van der Waals surface area contributed by atoms with E-state index in [1.165, 1.54) is 20.8 Å². The lowest BCUT2D eigenvalue weighted by atomic mass is 10.0. The fourth-order valence-electron chi connectivity index (χ4n) is 8.00. The van der Waals surface area contributed by atoms with Crippen molar-refractivity contribution in [1.82, 2.24) is 29.4 Å². The first kappa shape index (κ1) is 43.3. The van der Waals surface area contributed by atoms with Crippen LogP contribution in [0.25, 0.3) is 11.0 Å². The molecule has 1 aliphatic carbocycles. The van der Waals surface area contributed by atoms with Crippen LogP contribution in [0.2, 0.25) is 0 Å². The summed E-state index contributed by atoms with van der Waals surface area (Å²) in [6.45, 7) is 9.04. The van der Waals surface area contributed by atoms with Crippen molar-refractivity contribution in [2.24, 2.45) is 0 Å². The van der Waals surface area contributed by atoms with E-state index in [2.05, 4.69) is 41.1 Å². The number of hydrogen-bond donors (Lipinski definition) is 4. The smallest absolute Gasteiger partial charge is 0.348 e. The zero-order chi connectivity index (χ0) is 44.1. The van der Waals surface area contributed by atoms with Gasteiger partial charge in [0.25, 0.3) is 11.5 Å². The molecule has 0 radical (unpaired) electrons. The van der Waals surface area contributed by atoms with Gasteiger partial charge in [-0.1, -0.05) is 12.8 Å². The Labute approximate surface area is 360 Å².